The Morgan fingerprint density at radius 2 is 1.85 bits per heavy atom. The second-order valence-electron chi connectivity index (χ2n) is 8.47. The van der Waals surface area contributed by atoms with Gasteiger partial charge in [-0.15, -0.1) is 24.0 Å². The highest BCUT2D eigenvalue weighted by Gasteiger charge is 2.57. The molecule has 1 saturated heterocycles. The van der Waals surface area contributed by atoms with Gasteiger partial charge in [-0.3, -0.25) is 4.99 Å². The molecule has 0 radical (unpaired) electrons. The Balaban J connectivity index is 0.00000261. The molecule has 3 fully saturated rings. The first-order valence-corrected chi connectivity index (χ1v) is 10.4. The Hall–Kier alpha value is -0.120. The minimum atomic E-state index is 0. The van der Waals surface area contributed by atoms with Gasteiger partial charge in [-0.1, -0.05) is 12.8 Å². The van der Waals surface area contributed by atoms with Crippen molar-refractivity contribution in [2.45, 2.75) is 69.6 Å². The van der Waals surface area contributed by atoms with E-state index in [0.29, 0.717) is 17.6 Å². The summed E-state index contributed by atoms with van der Waals surface area (Å²) in [6.07, 6.45) is 8.87. The predicted octanol–water partition coefficient (Wildman–Crippen LogP) is 2.62. The molecule has 0 amide bonds. The molecule has 2 atom stereocenters. The zero-order chi connectivity index (χ0) is 18.6. The van der Waals surface area contributed by atoms with Crippen LogP contribution in [-0.2, 0) is 9.47 Å². The monoisotopic (exact) mass is 494 g/mol. The molecule has 3 rings (SSSR count). The van der Waals surface area contributed by atoms with Crippen LogP contribution in [0.4, 0.5) is 0 Å². The van der Waals surface area contributed by atoms with Gasteiger partial charge < -0.3 is 25.0 Å². The van der Waals surface area contributed by atoms with E-state index in [9.17, 15) is 0 Å². The van der Waals surface area contributed by atoms with E-state index in [1.54, 1.807) is 0 Å². The molecule has 2 N–H and O–H groups in total. The van der Waals surface area contributed by atoms with Crippen LogP contribution in [0.2, 0.25) is 0 Å². The summed E-state index contributed by atoms with van der Waals surface area (Å²) in [5.41, 5.74) is 0.472. The number of nitrogens with zero attached hydrogens (tertiary/aromatic N) is 2. The lowest BCUT2D eigenvalue weighted by molar-refractivity contribution is -0.125. The molecule has 2 aliphatic carbocycles. The van der Waals surface area contributed by atoms with Crippen molar-refractivity contribution in [1.82, 2.24) is 15.5 Å². The van der Waals surface area contributed by atoms with Gasteiger partial charge >= 0.3 is 0 Å². The van der Waals surface area contributed by atoms with Crippen LogP contribution < -0.4 is 10.6 Å². The quantitative estimate of drug-likeness (QED) is 0.338. The van der Waals surface area contributed by atoms with E-state index in [-0.39, 0.29) is 29.5 Å². The minimum Gasteiger partial charge on any atom is -0.381 e. The van der Waals surface area contributed by atoms with Crippen LogP contribution in [0.5, 0.6) is 0 Å². The van der Waals surface area contributed by atoms with E-state index in [1.165, 1.54) is 25.7 Å². The third kappa shape index (κ3) is 4.73. The Morgan fingerprint density at radius 1 is 1.19 bits per heavy atom. The number of ether oxygens (including phenoxy) is 2. The first-order valence-electron chi connectivity index (χ1n) is 10.4. The number of hydrogen-bond donors (Lipinski definition) is 2. The standard InChI is InChI=1S/C20H38N4O2.HI/c1-5-26-17-14-16(20(17)8-6-7-9-20)23-18(21-2)22-15-19(24(3)4)10-12-25-13-11-19;/h16-17H,5-15H2,1-4H3,(H2,21,22,23);1H. The van der Waals surface area contributed by atoms with Crippen molar-refractivity contribution in [2.24, 2.45) is 10.4 Å². The van der Waals surface area contributed by atoms with Gasteiger partial charge in [0.1, 0.15) is 0 Å². The van der Waals surface area contributed by atoms with E-state index < -0.39 is 0 Å². The van der Waals surface area contributed by atoms with Gasteiger partial charge in [0.25, 0.3) is 0 Å². The smallest absolute Gasteiger partial charge is 0.191 e. The second kappa shape index (κ2) is 10.1. The SMILES string of the molecule is CCOC1CC(NC(=NC)NCC2(N(C)C)CCOCC2)C12CCCC2.I. The molecular formula is C20H39IN4O2. The molecule has 158 valence electrons. The van der Waals surface area contributed by atoms with Crippen molar-refractivity contribution >= 4 is 29.9 Å². The lowest BCUT2D eigenvalue weighted by Gasteiger charge is -2.54. The van der Waals surface area contributed by atoms with Crippen LogP contribution in [0.3, 0.4) is 0 Å². The Kier molecular flexibility index (Phi) is 8.64. The fourth-order valence-electron chi connectivity index (χ4n) is 5.23. The van der Waals surface area contributed by atoms with Crippen molar-refractivity contribution in [3.63, 3.8) is 0 Å². The Labute approximate surface area is 182 Å². The molecule has 7 heteroatoms. The van der Waals surface area contributed by atoms with Crippen LogP contribution >= 0.6 is 24.0 Å². The maximum Gasteiger partial charge on any atom is 0.191 e. The highest BCUT2D eigenvalue weighted by molar-refractivity contribution is 14.0. The van der Waals surface area contributed by atoms with Gasteiger partial charge in [0.15, 0.2) is 5.96 Å². The molecule has 0 aromatic carbocycles. The highest BCUT2D eigenvalue weighted by Crippen LogP contribution is 2.54. The first kappa shape index (κ1) is 23.2. The van der Waals surface area contributed by atoms with Crippen LogP contribution in [-0.4, -0.2) is 76.1 Å². The molecule has 2 unspecified atom stereocenters. The maximum atomic E-state index is 6.04. The largest absolute Gasteiger partial charge is 0.381 e. The van der Waals surface area contributed by atoms with Gasteiger partial charge in [-0.25, -0.2) is 0 Å². The molecule has 1 heterocycles. The van der Waals surface area contributed by atoms with E-state index >= 15 is 0 Å². The predicted molar refractivity (Wildman–Crippen MR) is 121 cm³/mol. The summed E-state index contributed by atoms with van der Waals surface area (Å²) in [4.78, 5) is 6.86. The van der Waals surface area contributed by atoms with E-state index in [2.05, 4.69) is 41.5 Å². The van der Waals surface area contributed by atoms with Crippen molar-refractivity contribution in [1.29, 1.82) is 0 Å². The number of hydrogen-bond acceptors (Lipinski definition) is 4. The Bertz CT molecular complexity index is 488. The number of guanidine groups is 1. The van der Waals surface area contributed by atoms with Gasteiger partial charge in [-0.05, 0) is 53.1 Å². The summed E-state index contributed by atoms with van der Waals surface area (Å²) in [5, 5.41) is 7.34. The molecule has 6 nitrogen and oxygen atoms in total. The lowest BCUT2D eigenvalue weighted by atomic mass is 9.60. The molecule has 3 aliphatic rings. The van der Waals surface area contributed by atoms with E-state index in [0.717, 1.165) is 51.6 Å². The average molecular weight is 494 g/mol. The molecule has 0 aromatic rings. The summed E-state index contributed by atoms with van der Waals surface area (Å²) in [6, 6.07) is 0.484. The number of nitrogens with one attached hydrogen (secondary N) is 2. The van der Waals surface area contributed by atoms with Crippen molar-refractivity contribution in [3.8, 4) is 0 Å². The van der Waals surface area contributed by atoms with Crippen LogP contribution in [0, 0.1) is 5.41 Å². The van der Waals surface area contributed by atoms with Gasteiger partial charge in [0.05, 0.1) is 6.10 Å². The van der Waals surface area contributed by atoms with Gasteiger partial charge in [0.2, 0.25) is 0 Å². The third-order valence-electron chi connectivity index (χ3n) is 7.18. The van der Waals surface area contributed by atoms with Gasteiger partial charge in [0, 0.05) is 50.4 Å². The molecule has 2 saturated carbocycles. The minimum absolute atomic E-state index is 0. The summed E-state index contributed by atoms with van der Waals surface area (Å²) in [5.74, 6) is 0.934. The summed E-state index contributed by atoms with van der Waals surface area (Å²) in [6.45, 7) is 5.51. The number of likely N-dealkylation sites (N-methyl/N-ethyl adjacent to an activating group) is 1. The normalized spacial score (nSPS) is 29.3. The van der Waals surface area contributed by atoms with E-state index in [4.69, 9.17) is 9.47 Å². The fourth-order valence-corrected chi connectivity index (χ4v) is 5.23. The second-order valence-corrected chi connectivity index (χ2v) is 8.47. The van der Waals surface area contributed by atoms with Crippen LogP contribution in [0.25, 0.3) is 0 Å². The fraction of sp³-hybridized carbons (Fsp3) is 0.950. The average Bonchev–Trinajstić information content (AvgIpc) is 3.17. The summed E-state index contributed by atoms with van der Waals surface area (Å²) >= 11 is 0. The van der Waals surface area contributed by atoms with Crippen LogP contribution in [0.15, 0.2) is 4.99 Å². The highest BCUT2D eigenvalue weighted by atomic mass is 127. The molecule has 0 aromatic heterocycles. The Morgan fingerprint density at radius 3 is 2.41 bits per heavy atom. The zero-order valence-electron chi connectivity index (χ0n) is 17.6. The maximum absolute atomic E-state index is 6.04. The van der Waals surface area contributed by atoms with Crippen LogP contribution in [0.1, 0.15) is 51.9 Å². The summed E-state index contributed by atoms with van der Waals surface area (Å²) in [7, 11) is 6.23. The molecule has 1 spiro atoms. The van der Waals surface area contributed by atoms with Crippen molar-refractivity contribution in [3.05, 3.63) is 0 Å². The van der Waals surface area contributed by atoms with Crippen molar-refractivity contribution < 1.29 is 9.47 Å². The topological polar surface area (TPSA) is 58.1 Å². The zero-order valence-corrected chi connectivity index (χ0v) is 19.9. The summed E-state index contributed by atoms with van der Waals surface area (Å²) < 4.78 is 11.6. The lowest BCUT2D eigenvalue weighted by Crippen LogP contribution is -2.66. The third-order valence-corrected chi connectivity index (χ3v) is 7.18. The molecule has 27 heavy (non-hydrogen) atoms. The first-order chi connectivity index (χ1) is 12.6. The molecular weight excluding hydrogens is 455 g/mol. The number of rotatable bonds is 6. The van der Waals surface area contributed by atoms with E-state index in [1.807, 2.05) is 7.05 Å². The number of aliphatic imine (C=N–C) groups is 1. The molecule has 0 bridgehead atoms. The van der Waals surface area contributed by atoms with Gasteiger partial charge in [-0.2, -0.15) is 0 Å². The number of halogens is 1. The molecule has 1 aliphatic heterocycles. The van der Waals surface area contributed by atoms with Crippen molar-refractivity contribution in [2.75, 3.05) is 47.5 Å².